The number of nitrogens with one attached hydrogen (secondary N) is 1. The third-order valence-electron chi connectivity index (χ3n) is 5.05. The average molecular weight is 439 g/mol. The molecule has 4 rings (SSSR count). The number of anilines is 1. The third-order valence-corrected chi connectivity index (χ3v) is 5.30. The quantitative estimate of drug-likeness (QED) is 0.593. The van der Waals surface area contributed by atoms with Crippen molar-refractivity contribution in [2.24, 2.45) is 5.92 Å². The summed E-state index contributed by atoms with van der Waals surface area (Å²) in [4.78, 5) is 26.6. The van der Waals surface area contributed by atoms with Crippen molar-refractivity contribution in [3.63, 3.8) is 0 Å². The first-order chi connectivity index (χ1) is 15.0. The van der Waals surface area contributed by atoms with Gasteiger partial charge in [0.15, 0.2) is 0 Å². The predicted molar refractivity (Wildman–Crippen MR) is 117 cm³/mol. The normalized spacial score (nSPS) is 15.7. The summed E-state index contributed by atoms with van der Waals surface area (Å²) in [5.74, 6) is 0.107. The van der Waals surface area contributed by atoms with Crippen LogP contribution in [-0.4, -0.2) is 18.4 Å². The Labute approximate surface area is 184 Å². The van der Waals surface area contributed by atoms with Crippen LogP contribution in [0.3, 0.4) is 0 Å². The van der Waals surface area contributed by atoms with Crippen LogP contribution in [0.2, 0.25) is 5.02 Å². The van der Waals surface area contributed by atoms with Gasteiger partial charge < -0.3 is 15.0 Å². The molecular formula is C24H20ClFN2O3. The second-order valence-electron chi connectivity index (χ2n) is 7.30. The fraction of sp³-hybridized carbons (Fsp3) is 0.167. The van der Waals surface area contributed by atoms with E-state index in [1.165, 1.54) is 12.1 Å². The maximum Gasteiger partial charge on any atom is 0.227 e. The van der Waals surface area contributed by atoms with Gasteiger partial charge >= 0.3 is 0 Å². The Bertz CT molecular complexity index is 1090. The highest BCUT2D eigenvalue weighted by Crippen LogP contribution is 2.27. The van der Waals surface area contributed by atoms with Crippen LogP contribution in [0.1, 0.15) is 12.0 Å². The van der Waals surface area contributed by atoms with Crippen LogP contribution in [0.15, 0.2) is 72.8 Å². The van der Waals surface area contributed by atoms with Gasteiger partial charge in [0.25, 0.3) is 0 Å². The smallest absolute Gasteiger partial charge is 0.227 e. The van der Waals surface area contributed by atoms with Crippen LogP contribution in [0.25, 0.3) is 0 Å². The highest BCUT2D eigenvalue weighted by molar-refractivity contribution is 6.30. The van der Waals surface area contributed by atoms with Crippen LogP contribution >= 0.6 is 11.6 Å². The molecule has 1 aliphatic rings. The highest BCUT2D eigenvalue weighted by atomic mass is 35.5. The molecule has 1 aliphatic heterocycles. The van der Waals surface area contributed by atoms with E-state index in [0.717, 1.165) is 11.3 Å². The molecule has 3 aromatic carbocycles. The van der Waals surface area contributed by atoms with Crippen molar-refractivity contribution in [3.05, 3.63) is 89.2 Å². The fourth-order valence-electron chi connectivity index (χ4n) is 3.44. The van der Waals surface area contributed by atoms with Gasteiger partial charge in [-0.05, 0) is 66.2 Å². The monoisotopic (exact) mass is 438 g/mol. The van der Waals surface area contributed by atoms with Crippen molar-refractivity contribution in [1.29, 1.82) is 0 Å². The molecule has 7 heteroatoms. The summed E-state index contributed by atoms with van der Waals surface area (Å²) in [6, 6.07) is 20.0. The van der Waals surface area contributed by atoms with Gasteiger partial charge in [-0.1, -0.05) is 23.7 Å². The van der Waals surface area contributed by atoms with Crippen LogP contribution < -0.4 is 15.0 Å². The molecule has 1 atom stereocenters. The molecule has 0 saturated carbocycles. The summed E-state index contributed by atoms with van der Waals surface area (Å²) in [6.07, 6.45) is 0.169. The van der Waals surface area contributed by atoms with E-state index >= 15 is 0 Å². The number of amides is 2. The third kappa shape index (κ3) is 5.22. The van der Waals surface area contributed by atoms with Crippen molar-refractivity contribution in [2.75, 3.05) is 11.4 Å². The molecule has 3 aromatic rings. The number of halogens is 2. The van der Waals surface area contributed by atoms with E-state index in [9.17, 15) is 14.0 Å². The van der Waals surface area contributed by atoms with Crippen LogP contribution in [0, 0.1) is 11.7 Å². The van der Waals surface area contributed by atoms with Gasteiger partial charge in [-0.25, -0.2) is 4.39 Å². The Morgan fingerprint density at radius 3 is 2.55 bits per heavy atom. The van der Waals surface area contributed by atoms with Crippen molar-refractivity contribution in [3.8, 4) is 11.5 Å². The van der Waals surface area contributed by atoms with Gasteiger partial charge in [0, 0.05) is 30.2 Å². The first-order valence-corrected chi connectivity index (χ1v) is 10.2. The summed E-state index contributed by atoms with van der Waals surface area (Å²) in [7, 11) is 0. The van der Waals surface area contributed by atoms with Gasteiger partial charge in [-0.3, -0.25) is 9.59 Å². The number of rotatable bonds is 6. The van der Waals surface area contributed by atoms with E-state index in [-0.39, 0.29) is 24.1 Å². The van der Waals surface area contributed by atoms with E-state index in [0.29, 0.717) is 29.6 Å². The lowest BCUT2D eigenvalue weighted by molar-refractivity contribution is -0.126. The number of nitrogens with zero attached hydrogens (tertiary/aromatic N) is 1. The van der Waals surface area contributed by atoms with E-state index in [1.807, 2.05) is 18.2 Å². The summed E-state index contributed by atoms with van der Waals surface area (Å²) in [5.41, 5.74) is 1.59. The number of ether oxygens (including phenoxy) is 1. The molecule has 5 nitrogen and oxygen atoms in total. The Morgan fingerprint density at radius 2 is 1.81 bits per heavy atom. The molecule has 1 unspecified atom stereocenters. The number of carbonyl (C=O) groups excluding carboxylic acids is 2. The fourth-order valence-corrected chi connectivity index (χ4v) is 3.57. The van der Waals surface area contributed by atoms with Gasteiger partial charge in [-0.2, -0.15) is 0 Å². The predicted octanol–water partition coefficient (Wildman–Crippen LogP) is 4.94. The largest absolute Gasteiger partial charge is 0.457 e. The molecule has 31 heavy (non-hydrogen) atoms. The minimum atomic E-state index is -0.415. The number of benzene rings is 3. The SMILES string of the molecule is O=C(NCc1cccc(Oc2ccc(F)cc2)c1)C1CC(=O)N(c2ccc(Cl)cc2)C1. The first kappa shape index (κ1) is 20.9. The summed E-state index contributed by atoms with van der Waals surface area (Å²) in [6.45, 7) is 0.644. The molecule has 1 N–H and O–H groups in total. The van der Waals surface area contributed by atoms with Crippen molar-refractivity contribution < 1.29 is 18.7 Å². The van der Waals surface area contributed by atoms with Crippen molar-refractivity contribution in [1.82, 2.24) is 5.32 Å². The second kappa shape index (κ2) is 9.18. The molecule has 1 heterocycles. The zero-order chi connectivity index (χ0) is 21.8. The second-order valence-corrected chi connectivity index (χ2v) is 7.74. The molecule has 0 spiro atoms. The van der Waals surface area contributed by atoms with Gasteiger partial charge in [0.2, 0.25) is 11.8 Å². The molecule has 0 bridgehead atoms. The lowest BCUT2D eigenvalue weighted by Crippen LogP contribution is -2.32. The zero-order valence-electron chi connectivity index (χ0n) is 16.6. The first-order valence-electron chi connectivity index (χ1n) is 9.84. The summed E-state index contributed by atoms with van der Waals surface area (Å²) >= 11 is 5.90. The summed E-state index contributed by atoms with van der Waals surface area (Å²) < 4.78 is 18.8. The standard InChI is InChI=1S/C24H20ClFN2O3/c25-18-4-8-20(9-5-18)28-15-17(13-23(28)29)24(30)27-14-16-2-1-3-22(12-16)31-21-10-6-19(26)7-11-21/h1-12,17H,13-15H2,(H,27,30). The molecule has 158 valence electrons. The Kier molecular flexibility index (Phi) is 6.18. The van der Waals surface area contributed by atoms with E-state index in [2.05, 4.69) is 5.32 Å². The van der Waals surface area contributed by atoms with Crippen LogP contribution in [0.4, 0.5) is 10.1 Å². The molecule has 0 radical (unpaired) electrons. The van der Waals surface area contributed by atoms with Crippen molar-refractivity contribution >= 4 is 29.1 Å². The molecule has 2 amide bonds. The van der Waals surface area contributed by atoms with Gasteiger partial charge in [-0.15, -0.1) is 0 Å². The number of hydrogen-bond acceptors (Lipinski definition) is 3. The highest BCUT2D eigenvalue weighted by Gasteiger charge is 2.34. The maximum atomic E-state index is 13.0. The molecule has 1 saturated heterocycles. The minimum Gasteiger partial charge on any atom is -0.457 e. The van der Waals surface area contributed by atoms with E-state index in [1.54, 1.807) is 47.4 Å². The molecule has 0 aliphatic carbocycles. The molecule has 1 fully saturated rings. The maximum absolute atomic E-state index is 13.0. The summed E-state index contributed by atoms with van der Waals surface area (Å²) in [5, 5.41) is 3.49. The number of hydrogen-bond donors (Lipinski definition) is 1. The van der Waals surface area contributed by atoms with Crippen molar-refractivity contribution in [2.45, 2.75) is 13.0 Å². The van der Waals surface area contributed by atoms with Crippen LogP contribution in [0.5, 0.6) is 11.5 Å². The topological polar surface area (TPSA) is 58.6 Å². The molecular weight excluding hydrogens is 419 g/mol. The Balaban J connectivity index is 1.34. The van der Waals surface area contributed by atoms with Gasteiger partial charge in [0.05, 0.1) is 5.92 Å². The zero-order valence-corrected chi connectivity index (χ0v) is 17.3. The van der Waals surface area contributed by atoms with Gasteiger partial charge in [0.1, 0.15) is 17.3 Å². The lowest BCUT2D eigenvalue weighted by Gasteiger charge is -2.17. The van der Waals surface area contributed by atoms with E-state index < -0.39 is 5.92 Å². The number of carbonyl (C=O) groups is 2. The lowest BCUT2D eigenvalue weighted by atomic mass is 10.1. The molecule has 0 aromatic heterocycles. The minimum absolute atomic E-state index is 0.0860. The van der Waals surface area contributed by atoms with E-state index in [4.69, 9.17) is 16.3 Å². The van der Waals surface area contributed by atoms with Crippen LogP contribution in [-0.2, 0) is 16.1 Å². The average Bonchev–Trinajstić information content (AvgIpc) is 3.16. The Morgan fingerprint density at radius 1 is 1.06 bits per heavy atom. The Hall–Kier alpha value is -3.38.